The van der Waals surface area contributed by atoms with Crippen molar-refractivity contribution >= 4 is 33.6 Å². The zero-order chi connectivity index (χ0) is 28.0. The fourth-order valence-corrected chi connectivity index (χ4v) is 5.44. The number of carbonyl (C=O) groups excluding carboxylic acids is 1. The second-order valence-corrected chi connectivity index (χ2v) is 9.89. The summed E-state index contributed by atoms with van der Waals surface area (Å²) in [5.74, 6) is 0.391. The minimum absolute atomic E-state index is 0.0318. The number of aryl methyl sites for hydroxylation is 1. The predicted octanol–water partition coefficient (Wildman–Crippen LogP) is 5.77. The van der Waals surface area contributed by atoms with E-state index in [0.717, 1.165) is 17.0 Å². The highest BCUT2D eigenvalue weighted by atomic mass is 19.4. The monoisotopic (exact) mass is 548 g/mol. The van der Waals surface area contributed by atoms with Crippen LogP contribution in [0.15, 0.2) is 60.9 Å². The molecule has 0 unspecified atom stereocenters. The number of anilines is 1. The number of aromatic nitrogens is 5. The summed E-state index contributed by atoms with van der Waals surface area (Å²) in [6.07, 6.45) is 0.116. The largest absolute Gasteiger partial charge is 0.466 e. The molecule has 1 aliphatic heterocycles. The SMILES string of the molecule is CCOC(=O)C1CCN(c2ccc(-n3nc(-c4cccc5nn(C)cc45)c4cccc(C(F)(F)F)c43)cn2)CC1. The third-order valence-corrected chi connectivity index (χ3v) is 7.34. The van der Waals surface area contributed by atoms with Gasteiger partial charge in [-0.05, 0) is 44.0 Å². The minimum atomic E-state index is -4.58. The van der Waals surface area contributed by atoms with Crippen molar-refractivity contribution in [3.63, 3.8) is 0 Å². The molecule has 0 radical (unpaired) electrons. The third kappa shape index (κ3) is 4.55. The molecular formula is C29H27F3N6O2. The van der Waals surface area contributed by atoms with Crippen molar-refractivity contribution in [1.82, 2.24) is 24.5 Å². The fourth-order valence-electron chi connectivity index (χ4n) is 5.44. The number of pyridine rings is 1. The number of fused-ring (bicyclic) bond motifs is 2. The first-order valence-corrected chi connectivity index (χ1v) is 13.1. The number of para-hydroxylation sites is 1. The van der Waals surface area contributed by atoms with Crippen LogP contribution in [-0.4, -0.2) is 50.2 Å². The number of benzene rings is 2. The van der Waals surface area contributed by atoms with Crippen LogP contribution in [-0.2, 0) is 22.8 Å². The number of nitrogens with zero attached hydrogens (tertiary/aromatic N) is 6. The van der Waals surface area contributed by atoms with Crippen LogP contribution in [0.25, 0.3) is 38.8 Å². The number of piperidine rings is 1. The van der Waals surface area contributed by atoms with Crippen LogP contribution in [0.2, 0.25) is 0 Å². The van der Waals surface area contributed by atoms with Gasteiger partial charge in [0.25, 0.3) is 0 Å². The van der Waals surface area contributed by atoms with E-state index in [1.54, 1.807) is 43.0 Å². The summed E-state index contributed by atoms with van der Waals surface area (Å²) < 4.78 is 50.8. The van der Waals surface area contributed by atoms with Gasteiger partial charge in [0.15, 0.2) is 0 Å². The van der Waals surface area contributed by atoms with Crippen LogP contribution in [0.1, 0.15) is 25.3 Å². The smallest absolute Gasteiger partial charge is 0.418 e. The normalized spacial score (nSPS) is 14.8. The zero-order valence-electron chi connectivity index (χ0n) is 22.0. The van der Waals surface area contributed by atoms with Crippen LogP contribution in [0.4, 0.5) is 19.0 Å². The molecule has 0 aliphatic carbocycles. The molecule has 206 valence electrons. The summed E-state index contributed by atoms with van der Waals surface area (Å²) in [5, 5.41) is 10.4. The van der Waals surface area contributed by atoms with Crippen molar-refractivity contribution in [2.75, 3.05) is 24.6 Å². The Bertz CT molecular complexity index is 1700. The molecule has 5 aromatic rings. The number of alkyl halides is 3. The highest BCUT2D eigenvalue weighted by molar-refractivity contribution is 6.03. The quantitative estimate of drug-likeness (QED) is 0.260. The van der Waals surface area contributed by atoms with Gasteiger partial charge < -0.3 is 9.64 Å². The van der Waals surface area contributed by atoms with Gasteiger partial charge in [-0.3, -0.25) is 9.48 Å². The third-order valence-electron chi connectivity index (χ3n) is 7.34. The van der Waals surface area contributed by atoms with Crippen LogP contribution >= 0.6 is 0 Å². The number of carbonyl (C=O) groups is 1. The number of halogens is 3. The Labute approximate surface area is 228 Å². The lowest BCUT2D eigenvalue weighted by Crippen LogP contribution is -2.37. The first-order valence-electron chi connectivity index (χ1n) is 13.1. The van der Waals surface area contributed by atoms with Gasteiger partial charge >= 0.3 is 12.1 Å². The van der Waals surface area contributed by atoms with E-state index < -0.39 is 11.7 Å². The molecule has 0 saturated carbocycles. The second-order valence-electron chi connectivity index (χ2n) is 9.89. The molecule has 1 aliphatic rings. The van der Waals surface area contributed by atoms with Gasteiger partial charge in [-0.15, -0.1) is 0 Å². The molecule has 0 N–H and O–H groups in total. The summed E-state index contributed by atoms with van der Waals surface area (Å²) in [4.78, 5) is 18.7. The molecule has 4 heterocycles. The summed E-state index contributed by atoms with van der Waals surface area (Å²) in [6, 6.07) is 13.2. The van der Waals surface area contributed by atoms with Gasteiger partial charge in [0.1, 0.15) is 11.5 Å². The number of hydrogen-bond acceptors (Lipinski definition) is 6. The van der Waals surface area contributed by atoms with E-state index in [4.69, 9.17) is 9.84 Å². The number of rotatable bonds is 5. The molecule has 0 spiro atoms. The van der Waals surface area contributed by atoms with Crippen LogP contribution in [0.3, 0.4) is 0 Å². The van der Waals surface area contributed by atoms with Crippen molar-refractivity contribution in [1.29, 1.82) is 0 Å². The molecule has 0 bridgehead atoms. The summed E-state index contributed by atoms with van der Waals surface area (Å²) in [6.45, 7) is 3.43. The van der Waals surface area contributed by atoms with E-state index in [9.17, 15) is 18.0 Å². The summed E-state index contributed by atoms with van der Waals surface area (Å²) >= 11 is 0. The molecule has 1 fully saturated rings. The van der Waals surface area contributed by atoms with Crippen molar-refractivity contribution in [3.8, 4) is 16.9 Å². The average molecular weight is 549 g/mol. The first-order chi connectivity index (χ1) is 19.2. The molecule has 1 saturated heterocycles. The minimum Gasteiger partial charge on any atom is -0.466 e. The van der Waals surface area contributed by atoms with Crippen molar-refractivity contribution in [2.45, 2.75) is 25.9 Å². The molecule has 11 heteroatoms. The van der Waals surface area contributed by atoms with E-state index in [0.29, 0.717) is 60.7 Å². The van der Waals surface area contributed by atoms with Crippen molar-refractivity contribution < 1.29 is 22.7 Å². The maximum atomic E-state index is 14.2. The maximum Gasteiger partial charge on any atom is 0.418 e. The van der Waals surface area contributed by atoms with Gasteiger partial charge in [0, 0.05) is 42.7 Å². The Kier molecular flexibility index (Phi) is 6.44. The van der Waals surface area contributed by atoms with Gasteiger partial charge in [-0.25, -0.2) is 9.67 Å². The molecule has 2 aromatic carbocycles. The van der Waals surface area contributed by atoms with E-state index in [2.05, 4.69) is 15.0 Å². The second kappa shape index (κ2) is 9.96. The number of hydrogen-bond donors (Lipinski definition) is 0. The lowest BCUT2D eigenvalue weighted by atomic mass is 9.97. The van der Waals surface area contributed by atoms with E-state index in [1.165, 1.54) is 10.7 Å². The van der Waals surface area contributed by atoms with Crippen molar-refractivity contribution in [2.24, 2.45) is 13.0 Å². The Balaban J connectivity index is 1.40. The molecule has 40 heavy (non-hydrogen) atoms. The fraction of sp³-hybridized carbons (Fsp3) is 0.310. The molecule has 0 atom stereocenters. The maximum absolute atomic E-state index is 14.2. The van der Waals surface area contributed by atoms with Gasteiger partial charge in [-0.1, -0.05) is 24.3 Å². The predicted molar refractivity (Wildman–Crippen MR) is 145 cm³/mol. The van der Waals surface area contributed by atoms with Crippen LogP contribution in [0.5, 0.6) is 0 Å². The van der Waals surface area contributed by atoms with Crippen molar-refractivity contribution in [3.05, 3.63) is 66.5 Å². The highest BCUT2D eigenvalue weighted by Crippen LogP contribution is 2.40. The molecular weight excluding hydrogens is 521 g/mol. The summed E-state index contributed by atoms with van der Waals surface area (Å²) in [7, 11) is 1.80. The molecule has 6 rings (SSSR count). The zero-order valence-corrected chi connectivity index (χ0v) is 22.0. The average Bonchev–Trinajstić information content (AvgIpc) is 3.53. The molecule has 3 aromatic heterocycles. The van der Waals surface area contributed by atoms with Gasteiger partial charge in [0.2, 0.25) is 0 Å². The lowest BCUT2D eigenvalue weighted by molar-refractivity contribution is -0.148. The van der Waals surface area contributed by atoms with E-state index in [-0.39, 0.29) is 17.4 Å². The van der Waals surface area contributed by atoms with E-state index in [1.807, 2.05) is 24.4 Å². The lowest BCUT2D eigenvalue weighted by Gasteiger charge is -2.31. The number of ether oxygens (including phenoxy) is 1. The standard InChI is InChI=1S/C29H27F3N6O2/c1-3-40-28(39)18-12-14-37(15-13-18)25-11-10-19(16-33-25)38-27-21(7-4-8-23(27)29(30,31)32)26(35-38)20-6-5-9-24-22(20)17-36(2)34-24/h4-11,16-18H,3,12-15H2,1-2H3. The Morgan fingerprint density at radius 3 is 2.50 bits per heavy atom. The molecule has 8 nitrogen and oxygen atoms in total. The van der Waals surface area contributed by atoms with Gasteiger partial charge in [-0.2, -0.15) is 23.4 Å². The Morgan fingerprint density at radius 1 is 1.02 bits per heavy atom. The van der Waals surface area contributed by atoms with Gasteiger partial charge in [0.05, 0.1) is 41.0 Å². The first kappa shape index (κ1) is 25.8. The van der Waals surface area contributed by atoms with Crippen LogP contribution < -0.4 is 4.90 Å². The Hall–Kier alpha value is -4.41. The highest BCUT2D eigenvalue weighted by Gasteiger charge is 2.35. The number of esters is 1. The molecule has 0 amide bonds. The topological polar surface area (TPSA) is 78.1 Å². The van der Waals surface area contributed by atoms with E-state index >= 15 is 0 Å². The summed E-state index contributed by atoms with van der Waals surface area (Å²) in [5.41, 5.74) is 1.47. The Morgan fingerprint density at radius 2 is 1.80 bits per heavy atom. The van der Waals surface area contributed by atoms with Crippen LogP contribution in [0, 0.1) is 5.92 Å².